The standard InChI is InChI=1S/C9H12FNO2/c10-9-4-7(12)2-1-6(9)3-8(13)5-11/h1-2,4,8,12-13H,3,5,11H2. The summed E-state index contributed by atoms with van der Waals surface area (Å²) in [7, 11) is 0. The molecule has 0 aliphatic carbocycles. The first-order valence-electron chi connectivity index (χ1n) is 3.99. The van der Waals surface area contributed by atoms with Crippen molar-refractivity contribution in [3.05, 3.63) is 29.6 Å². The second-order valence-corrected chi connectivity index (χ2v) is 2.87. The molecule has 13 heavy (non-hydrogen) atoms. The van der Waals surface area contributed by atoms with Crippen LogP contribution in [0.1, 0.15) is 5.56 Å². The molecule has 0 heterocycles. The Labute approximate surface area is 75.6 Å². The van der Waals surface area contributed by atoms with Crippen LogP contribution in [0.25, 0.3) is 0 Å². The highest BCUT2D eigenvalue weighted by Gasteiger charge is 2.08. The number of hydrogen-bond donors (Lipinski definition) is 3. The van der Waals surface area contributed by atoms with Gasteiger partial charge in [-0.2, -0.15) is 0 Å². The van der Waals surface area contributed by atoms with Gasteiger partial charge in [0.15, 0.2) is 0 Å². The number of phenols is 1. The van der Waals surface area contributed by atoms with Crippen molar-refractivity contribution >= 4 is 0 Å². The highest BCUT2D eigenvalue weighted by Crippen LogP contribution is 2.16. The van der Waals surface area contributed by atoms with Crippen LogP contribution in [0.5, 0.6) is 5.75 Å². The summed E-state index contributed by atoms with van der Waals surface area (Å²) < 4.78 is 13.0. The third-order valence-corrected chi connectivity index (χ3v) is 1.76. The van der Waals surface area contributed by atoms with Gasteiger partial charge in [0.1, 0.15) is 11.6 Å². The van der Waals surface area contributed by atoms with Crippen molar-refractivity contribution in [2.75, 3.05) is 6.54 Å². The minimum atomic E-state index is -0.737. The number of aliphatic hydroxyl groups is 1. The van der Waals surface area contributed by atoms with Gasteiger partial charge in [0.05, 0.1) is 6.10 Å². The van der Waals surface area contributed by atoms with Crippen LogP contribution < -0.4 is 5.73 Å². The summed E-state index contributed by atoms with van der Waals surface area (Å²) >= 11 is 0. The molecule has 1 rings (SSSR count). The van der Waals surface area contributed by atoms with Crippen LogP contribution in [0.4, 0.5) is 4.39 Å². The lowest BCUT2D eigenvalue weighted by Crippen LogP contribution is -2.22. The van der Waals surface area contributed by atoms with E-state index in [0.29, 0.717) is 5.56 Å². The molecule has 1 aromatic carbocycles. The van der Waals surface area contributed by atoms with E-state index in [1.807, 2.05) is 0 Å². The molecule has 3 nitrogen and oxygen atoms in total. The molecule has 4 heteroatoms. The summed E-state index contributed by atoms with van der Waals surface area (Å²) in [5, 5.41) is 18.1. The van der Waals surface area contributed by atoms with Gasteiger partial charge in [0, 0.05) is 19.0 Å². The quantitative estimate of drug-likeness (QED) is 0.638. The zero-order valence-corrected chi connectivity index (χ0v) is 7.07. The van der Waals surface area contributed by atoms with Crippen LogP contribution in [0, 0.1) is 5.82 Å². The molecule has 1 unspecified atom stereocenters. The number of nitrogens with two attached hydrogens (primary N) is 1. The van der Waals surface area contributed by atoms with Gasteiger partial charge in [-0.1, -0.05) is 6.07 Å². The minimum Gasteiger partial charge on any atom is -0.508 e. The highest BCUT2D eigenvalue weighted by molar-refractivity contribution is 5.28. The Balaban J connectivity index is 2.77. The van der Waals surface area contributed by atoms with E-state index in [0.717, 1.165) is 6.07 Å². The lowest BCUT2D eigenvalue weighted by atomic mass is 10.1. The van der Waals surface area contributed by atoms with Gasteiger partial charge < -0.3 is 15.9 Å². The number of hydrogen-bond acceptors (Lipinski definition) is 3. The molecule has 0 radical (unpaired) electrons. The largest absolute Gasteiger partial charge is 0.508 e. The zero-order chi connectivity index (χ0) is 9.84. The fourth-order valence-corrected chi connectivity index (χ4v) is 1.04. The van der Waals surface area contributed by atoms with Crippen LogP contribution in [-0.4, -0.2) is 22.9 Å². The highest BCUT2D eigenvalue weighted by atomic mass is 19.1. The summed E-state index contributed by atoms with van der Waals surface area (Å²) in [6.45, 7) is 0.0975. The third kappa shape index (κ3) is 2.68. The van der Waals surface area contributed by atoms with Gasteiger partial charge in [-0.05, 0) is 11.6 Å². The van der Waals surface area contributed by atoms with Crippen molar-refractivity contribution in [3.8, 4) is 5.75 Å². The number of rotatable bonds is 3. The van der Waals surface area contributed by atoms with Crippen LogP contribution >= 0.6 is 0 Å². The fraction of sp³-hybridized carbons (Fsp3) is 0.333. The maximum Gasteiger partial charge on any atom is 0.130 e. The average molecular weight is 185 g/mol. The molecule has 1 aromatic rings. The third-order valence-electron chi connectivity index (χ3n) is 1.76. The average Bonchev–Trinajstić information content (AvgIpc) is 2.09. The van der Waals surface area contributed by atoms with Crippen molar-refractivity contribution in [1.29, 1.82) is 0 Å². The maximum atomic E-state index is 13.0. The molecule has 0 aromatic heterocycles. The Morgan fingerprint density at radius 2 is 2.15 bits per heavy atom. The molecule has 72 valence electrons. The molecule has 0 amide bonds. The fourth-order valence-electron chi connectivity index (χ4n) is 1.04. The van der Waals surface area contributed by atoms with E-state index >= 15 is 0 Å². The molecule has 0 saturated heterocycles. The van der Waals surface area contributed by atoms with Crippen molar-refractivity contribution < 1.29 is 14.6 Å². The molecule has 4 N–H and O–H groups in total. The SMILES string of the molecule is NCC(O)Cc1ccc(O)cc1F. The van der Waals surface area contributed by atoms with E-state index in [1.54, 1.807) is 0 Å². The van der Waals surface area contributed by atoms with E-state index < -0.39 is 11.9 Å². The van der Waals surface area contributed by atoms with E-state index in [2.05, 4.69) is 0 Å². The molecule has 0 aliphatic heterocycles. The minimum absolute atomic E-state index is 0.0975. The smallest absolute Gasteiger partial charge is 0.130 e. The van der Waals surface area contributed by atoms with Gasteiger partial charge in [0.2, 0.25) is 0 Å². The van der Waals surface area contributed by atoms with E-state index in [1.165, 1.54) is 12.1 Å². The molecular formula is C9H12FNO2. The van der Waals surface area contributed by atoms with E-state index in [9.17, 15) is 4.39 Å². The van der Waals surface area contributed by atoms with Gasteiger partial charge in [-0.25, -0.2) is 4.39 Å². The maximum absolute atomic E-state index is 13.0. The van der Waals surface area contributed by atoms with Gasteiger partial charge in [-0.15, -0.1) is 0 Å². The number of aliphatic hydroxyl groups excluding tert-OH is 1. The number of aromatic hydroxyl groups is 1. The molecular weight excluding hydrogens is 173 g/mol. The molecule has 1 atom stereocenters. The summed E-state index contributed by atoms with van der Waals surface area (Å²) in [5.41, 5.74) is 5.54. The van der Waals surface area contributed by atoms with Crippen molar-refractivity contribution in [3.63, 3.8) is 0 Å². The lowest BCUT2D eigenvalue weighted by molar-refractivity contribution is 0.182. The summed E-state index contributed by atoms with van der Waals surface area (Å²) in [5.74, 6) is -0.643. The Hall–Kier alpha value is -1.13. The lowest BCUT2D eigenvalue weighted by Gasteiger charge is -2.08. The molecule has 0 spiro atoms. The molecule has 0 saturated carbocycles. The Morgan fingerprint density at radius 3 is 2.69 bits per heavy atom. The summed E-state index contributed by atoms with van der Waals surface area (Å²) in [6.07, 6.45) is -0.568. The van der Waals surface area contributed by atoms with Crippen molar-refractivity contribution in [1.82, 2.24) is 0 Å². The van der Waals surface area contributed by atoms with Gasteiger partial charge in [0.25, 0.3) is 0 Å². The number of halogens is 1. The zero-order valence-electron chi connectivity index (χ0n) is 7.07. The molecule has 0 aliphatic rings. The van der Waals surface area contributed by atoms with Crippen LogP contribution in [0.15, 0.2) is 18.2 Å². The first-order valence-corrected chi connectivity index (χ1v) is 3.99. The Bertz CT molecular complexity index is 291. The van der Waals surface area contributed by atoms with Crippen LogP contribution in [0.2, 0.25) is 0 Å². The Kier molecular flexibility index (Phi) is 3.22. The molecule has 0 fully saturated rings. The predicted octanol–water partition coefficient (Wildman–Crippen LogP) is 0.393. The van der Waals surface area contributed by atoms with E-state index in [-0.39, 0.29) is 18.7 Å². The van der Waals surface area contributed by atoms with Gasteiger partial charge in [-0.3, -0.25) is 0 Å². The van der Waals surface area contributed by atoms with Gasteiger partial charge >= 0.3 is 0 Å². The van der Waals surface area contributed by atoms with Crippen molar-refractivity contribution in [2.45, 2.75) is 12.5 Å². The Morgan fingerprint density at radius 1 is 1.46 bits per heavy atom. The first kappa shape index (κ1) is 9.95. The summed E-state index contributed by atoms with van der Waals surface area (Å²) in [4.78, 5) is 0. The summed E-state index contributed by atoms with van der Waals surface area (Å²) in [6, 6.07) is 3.82. The van der Waals surface area contributed by atoms with Crippen molar-refractivity contribution in [2.24, 2.45) is 5.73 Å². The topological polar surface area (TPSA) is 66.5 Å². The second kappa shape index (κ2) is 4.20. The second-order valence-electron chi connectivity index (χ2n) is 2.87. The monoisotopic (exact) mass is 185 g/mol. The first-order chi connectivity index (χ1) is 6.13. The molecule has 0 bridgehead atoms. The number of phenolic OH excluding ortho intramolecular Hbond substituents is 1. The number of benzene rings is 1. The van der Waals surface area contributed by atoms with E-state index in [4.69, 9.17) is 15.9 Å². The predicted molar refractivity (Wildman–Crippen MR) is 46.8 cm³/mol. The normalized spacial score (nSPS) is 12.8. The van der Waals surface area contributed by atoms with Crippen LogP contribution in [-0.2, 0) is 6.42 Å². The van der Waals surface area contributed by atoms with Crippen LogP contribution in [0.3, 0.4) is 0 Å².